The minimum absolute atomic E-state index is 0.00952. The Labute approximate surface area is 164 Å². The second-order valence-corrected chi connectivity index (χ2v) is 8.36. The third-order valence-electron chi connectivity index (χ3n) is 4.17. The van der Waals surface area contributed by atoms with Crippen LogP contribution in [0.4, 0.5) is 15.8 Å². The van der Waals surface area contributed by atoms with Crippen LogP contribution in [0, 0.1) is 5.82 Å². The zero-order valence-corrected chi connectivity index (χ0v) is 15.6. The third-order valence-corrected chi connectivity index (χ3v) is 5.82. The highest BCUT2D eigenvalue weighted by Gasteiger charge is 2.29. The standard InChI is InChI=1S/C18H14FN5O4S/c19-12-3-1-2-11(6-12)8-24-9-15(22-23-24)18(26)20-13-4-5-14-16(7-13)29(27,28)10-17(25)21-14/h1-7,9H,8,10H2,(H,20,26)(H,21,25). The molecule has 4 rings (SSSR count). The summed E-state index contributed by atoms with van der Waals surface area (Å²) in [5.41, 5.74) is 1.06. The Morgan fingerprint density at radius 2 is 2.07 bits per heavy atom. The normalized spacial score (nSPS) is 14.7. The molecular weight excluding hydrogens is 401 g/mol. The summed E-state index contributed by atoms with van der Waals surface area (Å²) in [6, 6.07) is 10.1. The first-order valence-electron chi connectivity index (χ1n) is 8.43. The van der Waals surface area contributed by atoms with Gasteiger partial charge in [0.25, 0.3) is 5.91 Å². The molecule has 0 saturated carbocycles. The van der Waals surface area contributed by atoms with Crippen LogP contribution in [0.3, 0.4) is 0 Å². The van der Waals surface area contributed by atoms with Gasteiger partial charge in [-0.2, -0.15) is 0 Å². The van der Waals surface area contributed by atoms with Crippen molar-refractivity contribution in [1.29, 1.82) is 0 Å². The molecule has 2 aromatic carbocycles. The van der Waals surface area contributed by atoms with E-state index in [1.54, 1.807) is 12.1 Å². The molecule has 0 fully saturated rings. The molecule has 2 amide bonds. The molecular formula is C18H14FN5O4S. The van der Waals surface area contributed by atoms with Crippen molar-refractivity contribution in [3.8, 4) is 0 Å². The number of nitrogens with one attached hydrogen (secondary N) is 2. The summed E-state index contributed by atoms with van der Waals surface area (Å²) >= 11 is 0. The molecule has 0 bridgehead atoms. The Hall–Kier alpha value is -3.60. The maximum absolute atomic E-state index is 13.3. The first-order chi connectivity index (χ1) is 13.8. The fourth-order valence-electron chi connectivity index (χ4n) is 2.89. The van der Waals surface area contributed by atoms with E-state index in [-0.39, 0.29) is 34.3 Å². The van der Waals surface area contributed by atoms with Crippen LogP contribution in [0.25, 0.3) is 0 Å². The Morgan fingerprint density at radius 3 is 2.86 bits per heavy atom. The second kappa shape index (κ2) is 7.09. The lowest BCUT2D eigenvalue weighted by atomic mass is 10.2. The molecule has 0 saturated heterocycles. The van der Waals surface area contributed by atoms with Crippen LogP contribution >= 0.6 is 0 Å². The van der Waals surface area contributed by atoms with Gasteiger partial charge in [0.05, 0.1) is 23.3 Å². The summed E-state index contributed by atoms with van der Waals surface area (Å²) in [6.07, 6.45) is 1.40. The van der Waals surface area contributed by atoms with E-state index in [1.165, 1.54) is 41.2 Å². The minimum Gasteiger partial charge on any atom is -0.324 e. The summed E-state index contributed by atoms with van der Waals surface area (Å²) < 4.78 is 39.0. The highest BCUT2D eigenvalue weighted by Crippen LogP contribution is 2.29. The fraction of sp³-hybridized carbons (Fsp3) is 0.111. The SMILES string of the molecule is O=C1CS(=O)(=O)c2cc(NC(=O)c3cn(Cc4cccc(F)c4)nn3)ccc2N1. The van der Waals surface area contributed by atoms with Crippen LogP contribution in [-0.4, -0.2) is 41.0 Å². The number of fused-ring (bicyclic) bond motifs is 1. The molecule has 9 nitrogen and oxygen atoms in total. The van der Waals surface area contributed by atoms with E-state index in [0.29, 0.717) is 5.56 Å². The average Bonchev–Trinajstić information content (AvgIpc) is 3.10. The van der Waals surface area contributed by atoms with E-state index >= 15 is 0 Å². The van der Waals surface area contributed by atoms with Gasteiger partial charge in [-0.05, 0) is 35.9 Å². The van der Waals surface area contributed by atoms with Gasteiger partial charge >= 0.3 is 0 Å². The molecule has 0 aliphatic carbocycles. The van der Waals surface area contributed by atoms with Gasteiger partial charge < -0.3 is 10.6 Å². The monoisotopic (exact) mass is 415 g/mol. The summed E-state index contributed by atoms with van der Waals surface area (Å²) in [5.74, 6) is -2.22. The maximum Gasteiger partial charge on any atom is 0.277 e. The number of halogens is 1. The van der Waals surface area contributed by atoms with E-state index in [9.17, 15) is 22.4 Å². The zero-order chi connectivity index (χ0) is 20.6. The number of rotatable bonds is 4. The van der Waals surface area contributed by atoms with Crippen molar-refractivity contribution in [1.82, 2.24) is 15.0 Å². The van der Waals surface area contributed by atoms with Crippen molar-refractivity contribution in [2.24, 2.45) is 0 Å². The molecule has 0 unspecified atom stereocenters. The topological polar surface area (TPSA) is 123 Å². The van der Waals surface area contributed by atoms with Crippen LogP contribution in [-0.2, 0) is 21.2 Å². The smallest absolute Gasteiger partial charge is 0.277 e. The lowest BCUT2D eigenvalue weighted by molar-refractivity contribution is -0.114. The van der Waals surface area contributed by atoms with Crippen LogP contribution < -0.4 is 10.6 Å². The van der Waals surface area contributed by atoms with Gasteiger partial charge in [0.2, 0.25) is 5.91 Å². The fourth-order valence-corrected chi connectivity index (χ4v) is 4.23. The lowest BCUT2D eigenvalue weighted by Crippen LogP contribution is -2.29. The summed E-state index contributed by atoms with van der Waals surface area (Å²) in [7, 11) is -3.77. The Bertz CT molecular complexity index is 1240. The van der Waals surface area contributed by atoms with Gasteiger partial charge in [-0.1, -0.05) is 17.3 Å². The van der Waals surface area contributed by atoms with Crippen LogP contribution in [0.2, 0.25) is 0 Å². The number of carbonyl (C=O) groups excluding carboxylic acids is 2. The van der Waals surface area contributed by atoms with E-state index < -0.39 is 27.4 Å². The molecule has 3 aromatic rings. The number of hydrogen-bond acceptors (Lipinski definition) is 6. The minimum atomic E-state index is -3.77. The van der Waals surface area contributed by atoms with Crippen LogP contribution in [0.5, 0.6) is 0 Å². The lowest BCUT2D eigenvalue weighted by Gasteiger charge is -2.17. The van der Waals surface area contributed by atoms with Gasteiger partial charge in [-0.3, -0.25) is 9.59 Å². The van der Waals surface area contributed by atoms with E-state index in [4.69, 9.17) is 0 Å². The third kappa shape index (κ3) is 3.99. The van der Waals surface area contributed by atoms with Crippen LogP contribution in [0.15, 0.2) is 53.6 Å². The molecule has 0 radical (unpaired) electrons. The summed E-state index contributed by atoms with van der Waals surface area (Å²) in [6.45, 7) is 0.231. The van der Waals surface area contributed by atoms with Gasteiger partial charge in [-0.25, -0.2) is 17.5 Å². The van der Waals surface area contributed by atoms with Gasteiger partial charge in [0.15, 0.2) is 15.5 Å². The molecule has 148 valence electrons. The molecule has 1 aromatic heterocycles. The quantitative estimate of drug-likeness (QED) is 0.665. The van der Waals surface area contributed by atoms with Gasteiger partial charge in [0.1, 0.15) is 11.6 Å². The predicted molar refractivity (Wildman–Crippen MR) is 101 cm³/mol. The number of anilines is 2. The predicted octanol–water partition coefficient (Wildman–Crippen LogP) is 1.44. The zero-order valence-electron chi connectivity index (χ0n) is 14.8. The van der Waals surface area contributed by atoms with E-state index in [1.807, 2.05) is 0 Å². The molecule has 2 heterocycles. The summed E-state index contributed by atoms with van der Waals surface area (Å²) in [4.78, 5) is 23.8. The summed E-state index contributed by atoms with van der Waals surface area (Å²) in [5, 5.41) is 12.7. The Balaban J connectivity index is 1.51. The molecule has 2 N–H and O–H groups in total. The van der Waals surface area contributed by atoms with Gasteiger partial charge in [0, 0.05) is 5.69 Å². The number of aromatic nitrogens is 3. The number of hydrogen-bond donors (Lipinski definition) is 2. The van der Waals surface area contributed by atoms with Gasteiger partial charge in [-0.15, -0.1) is 5.10 Å². The molecule has 0 spiro atoms. The van der Waals surface area contributed by atoms with E-state index in [0.717, 1.165) is 0 Å². The van der Waals surface area contributed by atoms with Crippen molar-refractivity contribution < 1.29 is 22.4 Å². The largest absolute Gasteiger partial charge is 0.324 e. The molecule has 1 aliphatic heterocycles. The van der Waals surface area contributed by atoms with Crippen molar-refractivity contribution in [3.05, 3.63) is 65.7 Å². The first kappa shape index (κ1) is 18.7. The first-order valence-corrected chi connectivity index (χ1v) is 10.1. The van der Waals surface area contributed by atoms with Crippen molar-refractivity contribution >= 4 is 33.0 Å². The second-order valence-electron chi connectivity index (χ2n) is 6.40. The number of amides is 2. The molecule has 1 aliphatic rings. The Kier molecular flexibility index (Phi) is 4.59. The molecule has 11 heteroatoms. The highest BCUT2D eigenvalue weighted by molar-refractivity contribution is 7.92. The average molecular weight is 415 g/mol. The van der Waals surface area contributed by atoms with Crippen LogP contribution in [0.1, 0.15) is 16.1 Å². The highest BCUT2D eigenvalue weighted by atomic mass is 32.2. The molecule has 0 atom stereocenters. The molecule has 29 heavy (non-hydrogen) atoms. The van der Waals surface area contributed by atoms with E-state index in [2.05, 4.69) is 20.9 Å². The van der Waals surface area contributed by atoms with Crippen molar-refractivity contribution in [2.45, 2.75) is 11.4 Å². The number of nitrogens with zero attached hydrogens (tertiary/aromatic N) is 3. The number of carbonyl (C=O) groups is 2. The number of sulfone groups is 1. The Morgan fingerprint density at radius 1 is 1.24 bits per heavy atom. The number of benzene rings is 2. The van der Waals surface area contributed by atoms with Crippen molar-refractivity contribution in [3.63, 3.8) is 0 Å². The van der Waals surface area contributed by atoms with Crippen molar-refractivity contribution in [2.75, 3.05) is 16.4 Å². The maximum atomic E-state index is 13.3.